The molecule has 0 aliphatic rings. The molecule has 0 spiro atoms. The molecule has 9 rings (SSSR count). The second-order valence-corrected chi connectivity index (χ2v) is 12.6. The van der Waals surface area contributed by atoms with Gasteiger partial charge < -0.3 is 0 Å². The summed E-state index contributed by atoms with van der Waals surface area (Å²) in [7, 11) is 0. The van der Waals surface area contributed by atoms with Gasteiger partial charge in [-0.25, -0.2) is 19.9 Å². The second kappa shape index (κ2) is 13.6. The van der Waals surface area contributed by atoms with E-state index in [4.69, 9.17) is 19.9 Å². The summed E-state index contributed by atoms with van der Waals surface area (Å²) in [5.74, 6) is 1.88. The number of rotatable bonds is 7. The molecule has 0 fully saturated rings. The Balaban J connectivity index is 1.15. The van der Waals surface area contributed by atoms with Crippen molar-refractivity contribution in [2.24, 2.45) is 0 Å². The molecule has 7 aromatic carbocycles. The summed E-state index contributed by atoms with van der Waals surface area (Å²) in [4.78, 5) is 20.1. The Morgan fingerprint density at radius 2 is 0.731 bits per heavy atom. The standard InChI is InChI=1S/C48H30N4/c1-5-15-35(16-6-1)44-31-41(32-45(49-44)36-17-7-2-8-18-36)34-27-25-33(26-28-34)40-29-39-23-13-14-24-42(39)43(30-40)48-51-46(37-19-9-3-10-20-37)50-47(52-48)38-21-11-4-12-22-38/h1-25,27,29-32H. The number of aromatic nitrogens is 4. The monoisotopic (exact) mass is 662 g/mol. The molecule has 0 bridgehead atoms. The van der Waals surface area contributed by atoms with Gasteiger partial charge in [0.25, 0.3) is 0 Å². The van der Waals surface area contributed by atoms with Crippen LogP contribution in [0.1, 0.15) is 0 Å². The lowest BCUT2D eigenvalue weighted by molar-refractivity contribution is 1.08. The zero-order valence-electron chi connectivity index (χ0n) is 28.1. The van der Waals surface area contributed by atoms with Gasteiger partial charge in [-0.3, -0.25) is 0 Å². The Morgan fingerprint density at radius 3 is 1.23 bits per heavy atom. The van der Waals surface area contributed by atoms with Gasteiger partial charge in [-0.05, 0) is 58.3 Å². The fraction of sp³-hybridized carbons (Fsp3) is 0. The van der Waals surface area contributed by atoms with Crippen molar-refractivity contribution >= 4 is 10.8 Å². The highest BCUT2D eigenvalue weighted by molar-refractivity contribution is 5.99. The van der Waals surface area contributed by atoms with Gasteiger partial charge in [0.1, 0.15) is 0 Å². The van der Waals surface area contributed by atoms with Crippen LogP contribution in [0.3, 0.4) is 0 Å². The zero-order valence-corrected chi connectivity index (χ0v) is 28.1. The van der Waals surface area contributed by atoms with E-state index in [0.29, 0.717) is 17.5 Å². The Bertz CT molecular complexity index is 2530. The normalized spacial score (nSPS) is 10.9. The van der Waals surface area contributed by atoms with E-state index in [1.165, 1.54) is 0 Å². The number of hydrogen-bond acceptors (Lipinski definition) is 4. The van der Waals surface area contributed by atoms with Gasteiger partial charge in [0.2, 0.25) is 0 Å². The van der Waals surface area contributed by atoms with Crippen LogP contribution in [0, 0.1) is 12.1 Å². The maximum atomic E-state index is 5.06. The minimum absolute atomic E-state index is 0.616. The fourth-order valence-electron chi connectivity index (χ4n) is 6.50. The first-order valence-corrected chi connectivity index (χ1v) is 17.2. The average Bonchev–Trinajstić information content (AvgIpc) is 3.24. The van der Waals surface area contributed by atoms with Gasteiger partial charge in [0.15, 0.2) is 17.5 Å². The van der Waals surface area contributed by atoms with Crippen molar-refractivity contribution in [3.05, 3.63) is 194 Å². The molecule has 9 aromatic rings. The molecule has 0 radical (unpaired) electrons. The maximum Gasteiger partial charge on any atom is 0.164 e. The van der Waals surface area contributed by atoms with E-state index in [1.54, 1.807) is 0 Å². The Labute approximate surface area is 302 Å². The van der Waals surface area contributed by atoms with E-state index in [1.807, 2.05) is 97.1 Å². The number of hydrogen-bond donors (Lipinski definition) is 0. The molecule has 52 heavy (non-hydrogen) atoms. The molecule has 0 N–H and O–H groups in total. The molecule has 0 aliphatic carbocycles. The summed E-state index contributed by atoms with van der Waals surface area (Å²) < 4.78 is 0. The van der Waals surface area contributed by atoms with Crippen LogP contribution in [0.4, 0.5) is 0 Å². The largest absolute Gasteiger partial charge is 0.248 e. The lowest BCUT2D eigenvalue weighted by Gasteiger charge is -2.12. The molecule has 2 heterocycles. The summed E-state index contributed by atoms with van der Waals surface area (Å²) in [6, 6.07) is 68.9. The second-order valence-electron chi connectivity index (χ2n) is 12.6. The van der Waals surface area contributed by atoms with E-state index in [9.17, 15) is 0 Å². The van der Waals surface area contributed by atoms with E-state index >= 15 is 0 Å². The predicted octanol–water partition coefficient (Wildman–Crippen LogP) is 11.7. The molecule has 0 saturated carbocycles. The van der Waals surface area contributed by atoms with Crippen LogP contribution in [-0.4, -0.2) is 19.9 Å². The van der Waals surface area contributed by atoms with Gasteiger partial charge in [-0.2, -0.15) is 0 Å². The first-order valence-electron chi connectivity index (χ1n) is 17.2. The van der Waals surface area contributed by atoms with Crippen molar-refractivity contribution in [1.29, 1.82) is 0 Å². The number of benzene rings is 6. The molecule has 4 heteroatoms. The number of pyridine rings is 1. The van der Waals surface area contributed by atoms with Crippen LogP contribution in [0.15, 0.2) is 182 Å². The molecule has 0 amide bonds. The van der Waals surface area contributed by atoms with E-state index in [2.05, 4.69) is 97.1 Å². The molecular formula is C48H30N4. The fourth-order valence-corrected chi connectivity index (χ4v) is 6.50. The quantitative estimate of drug-likeness (QED) is 0.170. The third-order valence-electron chi connectivity index (χ3n) is 9.14. The lowest BCUT2D eigenvalue weighted by atomic mass is 9.95. The van der Waals surface area contributed by atoms with Gasteiger partial charge >= 0.3 is 0 Å². The van der Waals surface area contributed by atoms with Crippen LogP contribution in [0.5, 0.6) is 0 Å². The smallest absolute Gasteiger partial charge is 0.164 e. The van der Waals surface area contributed by atoms with E-state index in [0.717, 1.165) is 72.2 Å². The first kappa shape index (κ1) is 30.8. The molecule has 0 aliphatic heterocycles. The molecule has 242 valence electrons. The summed E-state index contributed by atoms with van der Waals surface area (Å²) in [5, 5.41) is 2.15. The molecule has 4 nitrogen and oxygen atoms in total. The van der Waals surface area contributed by atoms with Crippen molar-refractivity contribution < 1.29 is 0 Å². The van der Waals surface area contributed by atoms with Crippen LogP contribution < -0.4 is 0 Å². The lowest BCUT2D eigenvalue weighted by Crippen LogP contribution is -2.00. The van der Waals surface area contributed by atoms with Crippen LogP contribution >= 0.6 is 0 Å². The maximum absolute atomic E-state index is 5.06. The average molecular weight is 663 g/mol. The molecule has 0 atom stereocenters. The predicted molar refractivity (Wildman–Crippen MR) is 211 cm³/mol. The molecular weight excluding hydrogens is 633 g/mol. The van der Waals surface area contributed by atoms with Gasteiger partial charge in [-0.1, -0.05) is 158 Å². The minimum atomic E-state index is 0.616. The number of fused-ring (bicyclic) bond motifs is 1. The molecule has 0 unspecified atom stereocenters. The van der Waals surface area contributed by atoms with Gasteiger partial charge in [-0.15, -0.1) is 0 Å². The summed E-state index contributed by atoms with van der Waals surface area (Å²) in [6.45, 7) is 0. The van der Waals surface area contributed by atoms with Crippen LogP contribution in [-0.2, 0) is 0 Å². The minimum Gasteiger partial charge on any atom is -0.248 e. The summed E-state index contributed by atoms with van der Waals surface area (Å²) >= 11 is 0. The highest BCUT2D eigenvalue weighted by atomic mass is 15.0. The third kappa shape index (κ3) is 6.20. The number of nitrogens with zero attached hydrogens (tertiary/aromatic N) is 4. The first-order chi connectivity index (χ1) is 25.7. The third-order valence-corrected chi connectivity index (χ3v) is 9.14. The van der Waals surface area contributed by atoms with Crippen molar-refractivity contribution in [2.45, 2.75) is 0 Å². The van der Waals surface area contributed by atoms with E-state index in [-0.39, 0.29) is 0 Å². The van der Waals surface area contributed by atoms with Crippen molar-refractivity contribution in [2.75, 3.05) is 0 Å². The van der Waals surface area contributed by atoms with Crippen LogP contribution in [0.2, 0.25) is 0 Å². The summed E-state index contributed by atoms with van der Waals surface area (Å²) in [5.41, 5.74) is 10.7. The Morgan fingerprint density at radius 1 is 0.308 bits per heavy atom. The Kier molecular flexibility index (Phi) is 8.05. The topological polar surface area (TPSA) is 51.6 Å². The molecule has 2 aromatic heterocycles. The zero-order chi connectivity index (χ0) is 34.7. The van der Waals surface area contributed by atoms with Gasteiger partial charge in [0.05, 0.1) is 11.4 Å². The van der Waals surface area contributed by atoms with Crippen LogP contribution in [0.25, 0.3) is 89.7 Å². The van der Waals surface area contributed by atoms with Crippen molar-refractivity contribution in [1.82, 2.24) is 19.9 Å². The Hall–Kier alpha value is -7.22. The van der Waals surface area contributed by atoms with E-state index < -0.39 is 0 Å². The summed E-state index contributed by atoms with van der Waals surface area (Å²) in [6.07, 6.45) is 0. The SMILES string of the molecule is c1c(-c2cc(-c3ccccc3)nc(-c3ccccc3)c2)ccc(-c2cc(-c3nc(-c4ccccc4)nc(-c4ccccc4)n3)c3ccccc3c2)c#1. The van der Waals surface area contributed by atoms with Crippen molar-refractivity contribution in [3.8, 4) is 78.9 Å². The van der Waals surface area contributed by atoms with Gasteiger partial charge in [0, 0.05) is 38.9 Å². The molecule has 0 saturated heterocycles. The highest BCUT2D eigenvalue weighted by Gasteiger charge is 2.16. The van der Waals surface area contributed by atoms with Crippen molar-refractivity contribution in [3.63, 3.8) is 0 Å². The highest BCUT2D eigenvalue weighted by Crippen LogP contribution is 2.35.